The fourth-order valence-electron chi connectivity index (χ4n) is 2.23. The van der Waals surface area contributed by atoms with Crippen molar-refractivity contribution < 1.29 is 9.69 Å². The lowest BCUT2D eigenvalue weighted by Gasteiger charge is -2.34. The van der Waals surface area contributed by atoms with Gasteiger partial charge in [0.15, 0.2) is 0 Å². The molecule has 1 amide bonds. The van der Waals surface area contributed by atoms with Crippen LogP contribution >= 0.6 is 34.8 Å². The number of rotatable bonds is 2. The van der Waals surface area contributed by atoms with Crippen LogP contribution in [0.3, 0.4) is 0 Å². The van der Waals surface area contributed by atoms with E-state index in [4.69, 9.17) is 34.8 Å². The predicted molar refractivity (Wildman–Crippen MR) is 80.8 cm³/mol. The first-order valence-corrected chi connectivity index (χ1v) is 7.98. The van der Waals surface area contributed by atoms with Gasteiger partial charge in [0.1, 0.15) is 0 Å². The topological polar surface area (TPSA) is 33.5 Å². The van der Waals surface area contributed by atoms with Gasteiger partial charge < -0.3 is 10.2 Å². The van der Waals surface area contributed by atoms with Gasteiger partial charge >= 0.3 is 0 Å². The minimum absolute atomic E-state index is 0.0828. The highest BCUT2D eigenvalue weighted by atomic mass is 35.6. The van der Waals surface area contributed by atoms with Crippen LogP contribution in [0.2, 0.25) is 0 Å². The largest absolute Gasteiger partial charge is 0.312 e. The number of quaternary nitrogens is 1. The summed E-state index contributed by atoms with van der Waals surface area (Å²) in [6.45, 7) is 7.44. The zero-order valence-electron chi connectivity index (χ0n) is 11.9. The highest BCUT2D eigenvalue weighted by Gasteiger charge is 2.43. The maximum absolute atomic E-state index is 12.1. The molecule has 6 heteroatoms. The Morgan fingerprint density at radius 3 is 1.89 bits per heavy atom. The minimum Gasteiger partial charge on any atom is -0.312 e. The van der Waals surface area contributed by atoms with Crippen molar-refractivity contribution in [2.75, 3.05) is 13.1 Å². The average Bonchev–Trinajstić information content (AvgIpc) is 2.50. The third kappa shape index (κ3) is 5.66. The first-order valence-electron chi connectivity index (χ1n) is 6.84. The Hall–Kier alpha value is 0.300. The molecule has 0 radical (unpaired) electrons. The van der Waals surface area contributed by atoms with E-state index < -0.39 is 15.4 Å². The van der Waals surface area contributed by atoms with E-state index in [0.717, 1.165) is 30.8 Å². The van der Waals surface area contributed by atoms with Gasteiger partial charge in [0.2, 0.25) is 12.1 Å². The van der Waals surface area contributed by atoms with Crippen molar-refractivity contribution >= 4 is 40.7 Å². The van der Waals surface area contributed by atoms with Gasteiger partial charge in [0.25, 0.3) is 3.79 Å². The van der Waals surface area contributed by atoms with E-state index >= 15 is 0 Å². The molecule has 3 nitrogen and oxygen atoms in total. The summed E-state index contributed by atoms with van der Waals surface area (Å²) in [5.41, 5.74) is -0.487. The molecule has 0 bridgehead atoms. The van der Waals surface area contributed by atoms with E-state index in [-0.39, 0.29) is 5.91 Å². The van der Waals surface area contributed by atoms with Crippen molar-refractivity contribution in [3.8, 4) is 0 Å². The van der Waals surface area contributed by atoms with Gasteiger partial charge in [0.05, 0.1) is 13.1 Å². The van der Waals surface area contributed by atoms with Gasteiger partial charge in [-0.25, -0.2) is 0 Å². The third-order valence-corrected chi connectivity index (χ3v) is 4.09. The Morgan fingerprint density at radius 2 is 1.53 bits per heavy atom. The van der Waals surface area contributed by atoms with Crippen LogP contribution in [0.4, 0.5) is 0 Å². The molecule has 112 valence electrons. The number of amides is 1. The molecular weight excluding hydrogens is 307 g/mol. The average molecular weight is 331 g/mol. The molecule has 0 saturated carbocycles. The smallest absolute Gasteiger partial charge is 0.262 e. The van der Waals surface area contributed by atoms with E-state index in [1.54, 1.807) is 0 Å². The molecule has 1 rings (SSSR count). The lowest BCUT2D eigenvalue weighted by atomic mass is 9.95. The molecule has 0 aliphatic carbocycles. The first kappa shape index (κ1) is 17.4. The number of carbonyl (C=O) groups is 1. The molecule has 1 fully saturated rings. The van der Waals surface area contributed by atoms with E-state index in [2.05, 4.69) is 5.32 Å². The first-order chi connectivity index (χ1) is 8.62. The maximum Gasteiger partial charge on any atom is 0.262 e. The summed E-state index contributed by atoms with van der Waals surface area (Å²) in [5, 5.41) is 2.92. The van der Waals surface area contributed by atoms with Gasteiger partial charge in [-0.15, -0.1) is 0 Å². The number of hydrogen-bond acceptors (Lipinski definition) is 1. The molecular formula is C13H24Cl3N2O+. The molecule has 1 saturated heterocycles. The van der Waals surface area contributed by atoms with E-state index in [0.29, 0.717) is 0 Å². The Labute approximate surface area is 130 Å². The third-order valence-electron chi connectivity index (χ3n) is 3.44. The zero-order valence-corrected chi connectivity index (χ0v) is 14.1. The van der Waals surface area contributed by atoms with E-state index in [1.165, 1.54) is 12.8 Å². The highest BCUT2D eigenvalue weighted by molar-refractivity contribution is 6.68. The Balaban J connectivity index is 2.80. The molecule has 19 heavy (non-hydrogen) atoms. The molecule has 0 aromatic heterocycles. The van der Waals surface area contributed by atoms with Crippen LogP contribution in [0.25, 0.3) is 0 Å². The SMILES string of the molecule is CC(C)(C)C(=O)N[C@@H]([NH+]1CCCCCC1)C(Cl)(Cl)Cl. The normalized spacial score (nSPS) is 20.7. The van der Waals surface area contributed by atoms with Crippen molar-refractivity contribution in [2.45, 2.75) is 56.4 Å². The zero-order chi connectivity index (χ0) is 14.7. The summed E-state index contributed by atoms with van der Waals surface area (Å²) < 4.78 is -1.49. The predicted octanol–water partition coefficient (Wildman–Crippen LogP) is 2.30. The van der Waals surface area contributed by atoms with Gasteiger partial charge in [-0.05, 0) is 25.7 Å². The summed E-state index contributed by atoms with van der Waals surface area (Å²) in [5.74, 6) is -0.0828. The van der Waals surface area contributed by atoms with Crippen LogP contribution in [0.5, 0.6) is 0 Å². The van der Waals surface area contributed by atoms with E-state index in [1.807, 2.05) is 20.8 Å². The Bertz CT molecular complexity index is 302. The number of halogens is 3. The number of hydrogen-bond donors (Lipinski definition) is 2. The molecule has 1 atom stereocenters. The van der Waals surface area contributed by atoms with Crippen molar-refractivity contribution in [2.24, 2.45) is 5.41 Å². The molecule has 0 spiro atoms. The second-order valence-electron chi connectivity index (χ2n) is 6.27. The molecule has 0 aromatic rings. The molecule has 1 heterocycles. The van der Waals surface area contributed by atoms with Gasteiger partial charge in [-0.2, -0.15) is 0 Å². The number of likely N-dealkylation sites (tertiary alicyclic amines) is 1. The maximum atomic E-state index is 12.1. The Kier molecular flexibility index (Phi) is 6.25. The lowest BCUT2D eigenvalue weighted by molar-refractivity contribution is -0.926. The van der Waals surface area contributed by atoms with Crippen LogP contribution < -0.4 is 10.2 Å². The molecule has 1 aliphatic heterocycles. The summed E-state index contributed by atoms with van der Waals surface area (Å²) >= 11 is 18.2. The molecule has 1 aliphatic rings. The van der Waals surface area contributed by atoms with Crippen LogP contribution in [-0.2, 0) is 4.79 Å². The van der Waals surface area contributed by atoms with Crippen LogP contribution in [0.15, 0.2) is 0 Å². The van der Waals surface area contributed by atoms with Crippen molar-refractivity contribution in [3.05, 3.63) is 0 Å². The monoisotopic (exact) mass is 329 g/mol. The second-order valence-corrected chi connectivity index (χ2v) is 8.64. The molecule has 2 N–H and O–H groups in total. The minimum atomic E-state index is -1.49. The summed E-state index contributed by atoms with van der Waals surface area (Å²) in [6.07, 6.45) is 4.16. The molecule has 0 unspecified atom stereocenters. The van der Waals surface area contributed by atoms with Gasteiger partial charge in [-0.3, -0.25) is 4.79 Å². The fourth-order valence-corrected chi connectivity index (χ4v) is 2.86. The van der Waals surface area contributed by atoms with Crippen LogP contribution in [-0.4, -0.2) is 29.0 Å². The van der Waals surface area contributed by atoms with E-state index in [9.17, 15) is 4.79 Å². The number of nitrogens with one attached hydrogen (secondary N) is 2. The summed E-state index contributed by atoms with van der Waals surface area (Å²) in [4.78, 5) is 13.3. The van der Waals surface area contributed by atoms with Gasteiger partial charge in [-0.1, -0.05) is 55.6 Å². The van der Waals surface area contributed by atoms with Crippen LogP contribution in [0, 0.1) is 5.41 Å². The highest BCUT2D eigenvalue weighted by Crippen LogP contribution is 2.28. The fraction of sp³-hybridized carbons (Fsp3) is 0.923. The van der Waals surface area contributed by atoms with Crippen molar-refractivity contribution in [1.82, 2.24) is 5.32 Å². The number of carbonyl (C=O) groups excluding carboxylic acids is 1. The quantitative estimate of drug-likeness (QED) is 0.749. The van der Waals surface area contributed by atoms with Crippen molar-refractivity contribution in [3.63, 3.8) is 0 Å². The number of alkyl halides is 3. The Morgan fingerprint density at radius 1 is 1.05 bits per heavy atom. The second kappa shape index (κ2) is 6.84. The summed E-state index contributed by atoms with van der Waals surface area (Å²) in [7, 11) is 0. The standard InChI is InChI=1S/C13H23Cl3N2O/c1-12(2,3)11(19)17-10(13(14,15)16)18-8-6-4-5-7-9-18/h10H,4-9H2,1-3H3,(H,17,19)/p+1/t10-/m0/s1. The lowest BCUT2D eigenvalue weighted by Crippen LogP contribution is -3.19. The molecule has 0 aromatic carbocycles. The van der Waals surface area contributed by atoms with Crippen molar-refractivity contribution in [1.29, 1.82) is 0 Å². The van der Waals surface area contributed by atoms with Crippen LogP contribution in [0.1, 0.15) is 46.5 Å². The van der Waals surface area contributed by atoms with Gasteiger partial charge in [0, 0.05) is 5.41 Å². The summed E-state index contributed by atoms with van der Waals surface area (Å²) in [6, 6.07) is 0.